The minimum atomic E-state index is -4.41. The van der Waals surface area contributed by atoms with Crippen molar-refractivity contribution in [2.24, 2.45) is 4.99 Å². The topological polar surface area (TPSA) is 50.7 Å². The smallest absolute Gasteiger partial charge is 0.416 e. The first kappa shape index (κ1) is 21.1. The molecule has 0 aromatic heterocycles. The van der Waals surface area contributed by atoms with Crippen LogP contribution in [0.25, 0.3) is 0 Å². The number of alkyl halides is 3. The maximum absolute atomic E-state index is 12.7. The number of hydrogen-bond acceptors (Lipinski definition) is 3. The maximum atomic E-state index is 12.7. The zero-order chi connectivity index (χ0) is 21.6. The summed E-state index contributed by atoms with van der Waals surface area (Å²) < 4.78 is 43.7. The first-order chi connectivity index (χ1) is 14.3. The molecular formula is C23H19F3N2O2. The molecule has 0 saturated carbocycles. The normalized spacial score (nSPS) is 11.5. The zero-order valence-electron chi connectivity index (χ0n) is 16.1. The molecule has 7 heteroatoms. The minimum absolute atomic E-state index is 0.147. The number of benzene rings is 3. The van der Waals surface area contributed by atoms with Gasteiger partial charge in [0.2, 0.25) is 0 Å². The summed E-state index contributed by atoms with van der Waals surface area (Å²) in [6.07, 6.45) is -2.94. The van der Waals surface area contributed by atoms with Gasteiger partial charge in [-0.3, -0.25) is 9.79 Å². The predicted octanol–water partition coefficient (Wildman–Crippen LogP) is 5.78. The highest BCUT2D eigenvalue weighted by Crippen LogP contribution is 2.31. The van der Waals surface area contributed by atoms with Crippen molar-refractivity contribution < 1.29 is 22.7 Å². The van der Waals surface area contributed by atoms with E-state index in [9.17, 15) is 18.0 Å². The molecule has 3 aromatic rings. The Labute approximate surface area is 172 Å². The van der Waals surface area contributed by atoms with Crippen LogP contribution in [0.5, 0.6) is 5.75 Å². The van der Waals surface area contributed by atoms with Gasteiger partial charge in [0.15, 0.2) is 6.61 Å². The van der Waals surface area contributed by atoms with E-state index in [0.717, 1.165) is 17.7 Å². The first-order valence-corrected chi connectivity index (χ1v) is 9.10. The fraction of sp³-hybridized carbons (Fsp3) is 0.130. The average Bonchev–Trinajstić information content (AvgIpc) is 2.73. The van der Waals surface area contributed by atoms with Crippen molar-refractivity contribution in [1.29, 1.82) is 0 Å². The fourth-order valence-electron chi connectivity index (χ4n) is 2.54. The van der Waals surface area contributed by atoms with E-state index in [0.29, 0.717) is 17.0 Å². The van der Waals surface area contributed by atoms with Crippen LogP contribution in [0.2, 0.25) is 0 Å². The maximum Gasteiger partial charge on any atom is 0.416 e. The summed E-state index contributed by atoms with van der Waals surface area (Å²) in [6, 6.07) is 18.9. The number of nitrogens with zero attached hydrogens (tertiary/aromatic N) is 1. The number of amides is 1. The molecule has 0 radical (unpaired) electrons. The van der Waals surface area contributed by atoms with E-state index in [1.165, 1.54) is 18.3 Å². The number of rotatable bonds is 6. The Morgan fingerprint density at radius 1 is 1.03 bits per heavy atom. The average molecular weight is 412 g/mol. The van der Waals surface area contributed by atoms with Crippen LogP contribution in [0, 0.1) is 6.92 Å². The van der Waals surface area contributed by atoms with Crippen molar-refractivity contribution in [3.63, 3.8) is 0 Å². The first-order valence-electron chi connectivity index (χ1n) is 9.10. The van der Waals surface area contributed by atoms with Crippen LogP contribution in [0.15, 0.2) is 77.8 Å². The highest BCUT2D eigenvalue weighted by molar-refractivity contribution is 5.91. The lowest BCUT2D eigenvalue weighted by molar-refractivity contribution is -0.137. The number of ether oxygens (including phenoxy) is 1. The number of carbonyl (C=O) groups excluding carboxylic acids is 1. The van der Waals surface area contributed by atoms with Gasteiger partial charge in [-0.2, -0.15) is 13.2 Å². The van der Waals surface area contributed by atoms with Crippen molar-refractivity contribution in [1.82, 2.24) is 0 Å². The van der Waals surface area contributed by atoms with E-state index in [4.69, 9.17) is 4.74 Å². The van der Waals surface area contributed by atoms with Gasteiger partial charge in [-0.05, 0) is 67.1 Å². The molecule has 0 aliphatic rings. The number of halogens is 3. The van der Waals surface area contributed by atoms with Crippen LogP contribution in [-0.2, 0) is 11.0 Å². The Balaban J connectivity index is 1.54. The number of aryl methyl sites for hydroxylation is 1. The standard InChI is InChI=1S/C23H19F3N2O2/c1-16-5-9-19(10-6-16)28-22(29)15-30-21-11-7-17(8-12-21)14-27-20-4-2-3-18(13-20)23(24,25)26/h2-14H,15H2,1H3,(H,28,29). The molecule has 0 heterocycles. The van der Waals surface area contributed by atoms with Gasteiger partial charge >= 0.3 is 6.18 Å². The Hall–Kier alpha value is -3.61. The summed E-state index contributed by atoms with van der Waals surface area (Å²) in [7, 11) is 0. The van der Waals surface area contributed by atoms with E-state index < -0.39 is 11.7 Å². The van der Waals surface area contributed by atoms with Crippen LogP contribution in [0.3, 0.4) is 0 Å². The van der Waals surface area contributed by atoms with Gasteiger partial charge in [0.25, 0.3) is 5.91 Å². The third-order valence-corrected chi connectivity index (χ3v) is 4.12. The van der Waals surface area contributed by atoms with Crippen molar-refractivity contribution in [2.45, 2.75) is 13.1 Å². The van der Waals surface area contributed by atoms with Gasteiger partial charge in [0.05, 0.1) is 11.3 Å². The van der Waals surface area contributed by atoms with Crippen molar-refractivity contribution in [2.75, 3.05) is 11.9 Å². The molecule has 0 aliphatic carbocycles. The summed E-state index contributed by atoms with van der Waals surface area (Å²) in [5, 5.41) is 2.74. The van der Waals surface area contributed by atoms with Gasteiger partial charge in [-0.25, -0.2) is 0 Å². The fourth-order valence-corrected chi connectivity index (χ4v) is 2.54. The molecule has 1 N–H and O–H groups in total. The molecule has 0 spiro atoms. The highest BCUT2D eigenvalue weighted by atomic mass is 19.4. The zero-order valence-corrected chi connectivity index (χ0v) is 16.1. The van der Waals surface area contributed by atoms with Crippen LogP contribution < -0.4 is 10.1 Å². The van der Waals surface area contributed by atoms with Gasteiger partial charge < -0.3 is 10.1 Å². The van der Waals surface area contributed by atoms with E-state index >= 15 is 0 Å². The van der Waals surface area contributed by atoms with Gasteiger partial charge in [0, 0.05) is 11.9 Å². The third kappa shape index (κ3) is 6.20. The molecule has 0 saturated heterocycles. The molecule has 0 aliphatic heterocycles. The third-order valence-electron chi connectivity index (χ3n) is 4.12. The van der Waals surface area contributed by atoms with Crippen molar-refractivity contribution in [3.05, 3.63) is 89.5 Å². The summed E-state index contributed by atoms with van der Waals surface area (Å²) in [6.45, 7) is 1.81. The summed E-state index contributed by atoms with van der Waals surface area (Å²) >= 11 is 0. The molecule has 1 amide bonds. The van der Waals surface area contributed by atoms with E-state index in [2.05, 4.69) is 10.3 Å². The molecular weight excluding hydrogens is 393 g/mol. The molecule has 4 nitrogen and oxygen atoms in total. The molecule has 0 unspecified atom stereocenters. The summed E-state index contributed by atoms with van der Waals surface area (Å²) in [5.74, 6) is 0.208. The second-order valence-corrected chi connectivity index (χ2v) is 6.58. The highest BCUT2D eigenvalue weighted by Gasteiger charge is 2.30. The number of anilines is 1. The Morgan fingerprint density at radius 3 is 2.40 bits per heavy atom. The molecule has 30 heavy (non-hydrogen) atoms. The van der Waals surface area contributed by atoms with Crippen molar-refractivity contribution in [3.8, 4) is 5.75 Å². The Morgan fingerprint density at radius 2 is 1.73 bits per heavy atom. The SMILES string of the molecule is Cc1ccc(NC(=O)COc2ccc(C=Nc3cccc(C(F)(F)F)c3)cc2)cc1. The summed E-state index contributed by atoms with van der Waals surface area (Å²) in [4.78, 5) is 16.0. The molecule has 154 valence electrons. The number of carbonyl (C=O) groups is 1. The largest absolute Gasteiger partial charge is 0.484 e. The summed E-state index contributed by atoms with van der Waals surface area (Å²) in [5.41, 5.74) is 1.93. The molecule has 0 fully saturated rings. The second kappa shape index (κ2) is 9.26. The van der Waals surface area contributed by atoms with E-state index in [1.54, 1.807) is 24.3 Å². The molecule has 3 rings (SSSR count). The lowest BCUT2D eigenvalue weighted by Crippen LogP contribution is -2.20. The van der Waals surface area contributed by atoms with Crippen LogP contribution in [-0.4, -0.2) is 18.7 Å². The van der Waals surface area contributed by atoms with Gasteiger partial charge in [0.1, 0.15) is 5.75 Å². The van der Waals surface area contributed by atoms with E-state index in [1.807, 2.05) is 31.2 Å². The number of aliphatic imine (C=N–C) groups is 1. The predicted molar refractivity (Wildman–Crippen MR) is 110 cm³/mol. The van der Waals surface area contributed by atoms with Crippen LogP contribution >= 0.6 is 0 Å². The van der Waals surface area contributed by atoms with Gasteiger partial charge in [-0.1, -0.05) is 23.8 Å². The van der Waals surface area contributed by atoms with Crippen LogP contribution in [0.4, 0.5) is 24.5 Å². The quantitative estimate of drug-likeness (QED) is 0.522. The minimum Gasteiger partial charge on any atom is -0.484 e. The Kier molecular flexibility index (Phi) is 6.51. The van der Waals surface area contributed by atoms with E-state index in [-0.39, 0.29) is 18.2 Å². The second-order valence-electron chi connectivity index (χ2n) is 6.58. The number of nitrogens with one attached hydrogen (secondary N) is 1. The lowest BCUT2D eigenvalue weighted by Gasteiger charge is -2.08. The van der Waals surface area contributed by atoms with Crippen molar-refractivity contribution >= 4 is 23.5 Å². The molecule has 0 atom stereocenters. The number of hydrogen-bond donors (Lipinski definition) is 1. The monoisotopic (exact) mass is 412 g/mol. The molecule has 3 aromatic carbocycles. The van der Waals surface area contributed by atoms with Crippen LogP contribution in [0.1, 0.15) is 16.7 Å². The molecule has 0 bridgehead atoms. The van der Waals surface area contributed by atoms with Gasteiger partial charge in [-0.15, -0.1) is 0 Å². The Bertz CT molecular complexity index is 1030. The lowest BCUT2D eigenvalue weighted by atomic mass is 10.2.